The van der Waals surface area contributed by atoms with Crippen molar-refractivity contribution in [2.75, 3.05) is 20.1 Å². The van der Waals surface area contributed by atoms with Gasteiger partial charge in [0.05, 0.1) is 4.90 Å². The summed E-state index contributed by atoms with van der Waals surface area (Å²) in [6.45, 7) is 7.09. The molecule has 8 heteroatoms. The number of aliphatic imine (C=N–C) groups is 1. The molecule has 2 rings (SSSR count). The van der Waals surface area contributed by atoms with Crippen LogP contribution in [-0.4, -0.2) is 34.5 Å². The van der Waals surface area contributed by atoms with Crippen molar-refractivity contribution in [1.82, 2.24) is 15.4 Å². The minimum absolute atomic E-state index is 0. The molecule has 0 saturated heterocycles. The first-order chi connectivity index (χ1) is 12.8. The first-order valence-corrected chi connectivity index (χ1v) is 10.4. The van der Waals surface area contributed by atoms with Gasteiger partial charge in [0.1, 0.15) is 0 Å². The number of halogens is 1. The van der Waals surface area contributed by atoms with Crippen molar-refractivity contribution in [2.24, 2.45) is 4.99 Å². The Morgan fingerprint density at radius 1 is 0.964 bits per heavy atom. The SMILES string of the molecule is CN=C(NCCNS(=O)(=O)c1cc(C)ccc1C)NCc1ccccc1C.I. The Labute approximate surface area is 185 Å². The smallest absolute Gasteiger partial charge is 0.240 e. The molecule has 2 aromatic rings. The zero-order chi connectivity index (χ0) is 19.9. The van der Waals surface area contributed by atoms with E-state index in [4.69, 9.17) is 0 Å². The average molecular weight is 516 g/mol. The maximum atomic E-state index is 12.5. The number of aryl methyl sites for hydroxylation is 3. The highest BCUT2D eigenvalue weighted by atomic mass is 127. The number of rotatable bonds is 7. The zero-order valence-corrected chi connectivity index (χ0v) is 19.9. The van der Waals surface area contributed by atoms with E-state index in [9.17, 15) is 8.42 Å². The number of nitrogens with zero attached hydrogens (tertiary/aromatic N) is 1. The number of benzene rings is 2. The van der Waals surface area contributed by atoms with Crippen molar-refractivity contribution >= 4 is 40.0 Å². The largest absolute Gasteiger partial charge is 0.355 e. The predicted molar refractivity (Wildman–Crippen MR) is 126 cm³/mol. The molecule has 0 aliphatic carbocycles. The van der Waals surface area contributed by atoms with Gasteiger partial charge in [-0.3, -0.25) is 4.99 Å². The molecular weight excluding hydrogens is 487 g/mol. The number of hydrogen-bond donors (Lipinski definition) is 3. The van der Waals surface area contributed by atoms with Gasteiger partial charge in [0.15, 0.2) is 5.96 Å². The Hall–Kier alpha value is -1.65. The summed E-state index contributed by atoms with van der Waals surface area (Å²) in [5.41, 5.74) is 4.05. The Balaban J connectivity index is 0.00000392. The van der Waals surface area contributed by atoms with E-state index in [0.29, 0.717) is 23.9 Å². The Morgan fingerprint density at radius 3 is 2.36 bits per heavy atom. The van der Waals surface area contributed by atoms with Gasteiger partial charge >= 0.3 is 0 Å². The summed E-state index contributed by atoms with van der Waals surface area (Å²) in [7, 11) is -1.84. The molecule has 3 N–H and O–H groups in total. The van der Waals surface area contributed by atoms with E-state index in [-0.39, 0.29) is 30.5 Å². The minimum Gasteiger partial charge on any atom is -0.355 e. The van der Waals surface area contributed by atoms with Crippen LogP contribution >= 0.6 is 24.0 Å². The predicted octanol–water partition coefficient (Wildman–Crippen LogP) is 2.87. The quantitative estimate of drug-likeness (QED) is 0.229. The van der Waals surface area contributed by atoms with E-state index >= 15 is 0 Å². The Bertz CT molecular complexity index is 914. The highest BCUT2D eigenvalue weighted by Gasteiger charge is 2.16. The van der Waals surface area contributed by atoms with Gasteiger partial charge in [0, 0.05) is 26.7 Å². The van der Waals surface area contributed by atoms with Crippen molar-refractivity contribution in [2.45, 2.75) is 32.2 Å². The van der Waals surface area contributed by atoms with Crippen molar-refractivity contribution < 1.29 is 8.42 Å². The van der Waals surface area contributed by atoms with E-state index < -0.39 is 10.0 Å². The standard InChI is InChI=1S/C20H28N4O2S.HI/c1-15-9-10-17(3)19(13-15)27(25,26)24-12-11-22-20(21-4)23-14-18-8-6-5-7-16(18)2;/h5-10,13,24H,11-12,14H2,1-4H3,(H2,21,22,23);1H. The number of guanidine groups is 1. The fourth-order valence-electron chi connectivity index (χ4n) is 2.65. The lowest BCUT2D eigenvalue weighted by Gasteiger charge is -2.14. The molecule has 0 spiro atoms. The van der Waals surface area contributed by atoms with Crippen molar-refractivity contribution in [3.05, 3.63) is 64.7 Å². The Kier molecular flexibility index (Phi) is 9.91. The molecule has 6 nitrogen and oxygen atoms in total. The van der Waals surface area contributed by atoms with Crippen molar-refractivity contribution in [3.63, 3.8) is 0 Å². The fraction of sp³-hybridized carbons (Fsp3) is 0.350. The normalized spacial score (nSPS) is 11.6. The summed E-state index contributed by atoms with van der Waals surface area (Å²) in [6, 6.07) is 13.5. The second-order valence-electron chi connectivity index (χ2n) is 6.45. The van der Waals surface area contributed by atoms with Crippen LogP contribution in [-0.2, 0) is 16.6 Å². The first-order valence-electron chi connectivity index (χ1n) is 8.89. The molecule has 0 aromatic heterocycles. The molecule has 154 valence electrons. The molecule has 0 radical (unpaired) electrons. The Morgan fingerprint density at radius 2 is 1.68 bits per heavy atom. The second kappa shape index (κ2) is 11.4. The fourth-order valence-corrected chi connectivity index (χ4v) is 4.01. The first kappa shape index (κ1) is 24.4. The van der Waals surface area contributed by atoms with Crippen LogP contribution < -0.4 is 15.4 Å². The van der Waals surface area contributed by atoms with Crippen LogP contribution in [0.5, 0.6) is 0 Å². The summed E-state index contributed by atoms with van der Waals surface area (Å²) in [5, 5.41) is 6.36. The molecule has 0 aliphatic rings. The molecular formula is C20H29IN4O2S. The molecule has 0 aliphatic heterocycles. The van der Waals surface area contributed by atoms with E-state index in [1.54, 1.807) is 20.0 Å². The zero-order valence-electron chi connectivity index (χ0n) is 16.7. The van der Waals surface area contributed by atoms with Crippen LogP contribution in [0.2, 0.25) is 0 Å². The van der Waals surface area contributed by atoms with Crippen molar-refractivity contribution in [3.8, 4) is 0 Å². The molecule has 0 fully saturated rings. The second-order valence-corrected chi connectivity index (χ2v) is 8.18. The third kappa shape index (κ3) is 7.06. The molecule has 0 atom stereocenters. The number of hydrogen-bond acceptors (Lipinski definition) is 3. The molecule has 0 amide bonds. The number of sulfonamides is 1. The highest BCUT2D eigenvalue weighted by molar-refractivity contribution is 14.0. The molecule has 2 aromatic carbocycles. The average Bonchev–Trinajstić information content (AvgIpc) is 2.64. The van der Waals surface area contributed by atoms with Gasteiger partial charge in [-0.15, -0.1) is 24.0 Å². The maximum Gasteiger partial charge on any atom is 0.240 e. The van der Waals surface area contributed by atoms with Crippen LogP contribution in [0.15, 0.2) is 52.4 Å². The van der Waals surface area contributed by atoms with Crippen LogP contribution in [0.1, 0.15) is 22.3 Å². The molecule has 0 unspecified atom stereocenters. The van der Waals surface area contributed by atoms with E-state index in [2.05, 4.69) is 39.4 Å². The van der Waals surface area contributed by atoms with Crippen LogP contribution in [0, 0.1) is 20.8 Å². The lowest BCUT2D eigenvalue weighted by molar-refractivity contribution is 0.580. The highest BCUT2D eigenvalue weighted by Crippen LogP contribution is 2.16. The monoisotopic (exact) mass is 516 g/mol. The third-order valence-electron chi connectivity index (χ3n) is 4.27. The van der Waals surface area contributed by atoms with Gasteiger partial charge in [-0.05, 0) is 49.1 Å². The summed E-state index contributed by atoms with van der Waals surface area (Å²) in [4.78, 5) is 4.49. The maximum absolute atomic E-state index is 12.5. The number of nitrogens with one attached hydrogen (secondary N) is 3. The molecule has 0 bridgehead atoms. The van der Waals surface area contributed by atoms with Crippen molar-refractivity contribution in [1.29, 1.82) is 0 Å². The van der Waals surface area contributed by atoms with Gasteiger partial charge in [-0.2, -0.15) is 0 Å². The van der Waals surface area contributed by atoms with E-state index in [1.165, 1.54) is 11.1 Å². The summed E-state index contributed by atoms with van der Waals surface area (Å²) >= 11 is 0. The third-order valence-corrected chi connectivity index (χ3v) is 5.88. The van der Waals surface area contributed by atoms with Gasteiger partial charge in [0.25, 0.3) is 0 Å². The van der Waals surface area contributed by atoms with Gasteiger partial charge < -0.3 is 10.6 Å². The van der Waals surface area contributed by atoms with Crippen LogP contribution in [0.3, 0.4) is 0 Å². The van der Waals surface area contributed by atoms with Crippen LogP contribution in [0.4, 0.5) is 0 Å². The summed E-state index contributed by atoms with van der Waals surface area (Å²) < 4.78 is 27.6. The molecule has 0 heterocycles. The lowest BCUT2D eigenvalue weighted by Crippen LogP contribution is -2.41. The minimum atomic E-state index is -3.53. The van der Waals surface area contributed by atoms with Gasteiger partial charge in [0.2, 0.25) is 10.0 Å². The van der Waals surface area contributed by atoms with Gasteiger partial charge in [-0.25, -0.2) is 13.1 Å². The van der Waals surface area contributed by atoms with Gasteiger partial charge in [-0.1, -0.05) is 36.4 Å². The van der Waals surface area contributed by atoms with Crippen LogP contribution in [0.25, 0.3) is 0 Å². The lowest BCUT2D eigenvalue weighted by atomic mass is 10.1. The molecule has 0 saturated carbocycles. The molecule has 28 heavy (non-hydrogen) atoms. The topological polar surface area (TPSA) is 82.6 Å². The summed E-state index contributed by atoms with van der Waals surface area (Å²) in [5.74, 6) is 0.629. The van der Waals surface area contributed by atoms with E-state index in [1.807, 2.05) is 31.2 Å². The van der Waals surface area contributed by atoms with E-state index in [0.717, 1.165) is 11.1 Å². The summed E-state index contributed by atoms with van der Waals surface area (Å²) in [6.07, 6.45) is 0.